The Bertz CT molecular complexity index is 906. The molecule has 1 amide bonds. The average Bonchev–Trinajstić information content (AvgIpc) is 3.30. The lowest BCUT2D eigenvalue weighted by molar-refractivity contribution is -0.132. The van der Waals surface area contributed by atoms with E-state index in [0.717, 1.165) is 29.3 Å². The predicted octanol–water partition coefficient (Wildman–Crippen LogP) is 2.93. The molecule has 7 atom stereocenters. The van der Waals surface area contributed by atoms with E-state index in [9.17, 15) is 9.90 Å². The summed E-state index contributed by atoms with van der Waals surface area (Å²) in [6, 6.07) is 14.3. The highest BCUT2D eigenvalue weighted by Crippen LogP contribution is 2.68. The number of rotatable bonds is 2. The number of hydrogen-bond donors (Lipinski definition) is 1. The maximum absolute atomic E-state index is 13.5. The summed E-state index contributed by atoms with van der Waals surface area (Å²) in [5, 5.41) is 12.8. The zero-order valence-corrected chi connectivity index (χ0v) is 14.1. The molecule has 0 radical (unpaired) electrons. The van der Waals surface area contributed by atoms with E-state index in [1.165, 1.54) is 0 Å². The van der Waals surface area contributed by atoms with E-state index in [0.29, 0.717) is 5.92 Å². The number of benzene rings is 2. The van der Waals surface area contributed by atoms with Crippen LogP contribution < -0.4 is 4.90 Å². The Morgan fingerprint density at radius 3 is 2.84 bits per heavy atom. The second-order valence-corrected chi connectivity index (χ2v) is 8.06. The number of carbonyl (C=O) groups excluding carboxylic acids is 1. The number of nitrogens with zero attached hydrogens (tertiary/aromatic N) is 1. The summed E-state index contributed by atoms with van der Waals surface area (Å²) in [6.45, 7) is 2.11. The molecule has 1 N–H and O–H groups in total. The van der Waals surface area contributed by atoms with Crippen molar-refractivity contribution < 1.29 is 14.6 Å². The van der Waals surface area contributed by atoms with Crippen molar-refractivity contribution in [2.24, 2.45) is 23.7 Å². The lowest BCUT2D eigenvalue weighted by Gasteiger charge is -2.39. The number of aliphatic hydroxyl groups is 1. The van der Waals surface area contributed by atoms with Crippen LogP contribution in [-0.4, -0.2) is 28.9 Å². The van der Waals surface area contributed by atoms with Gasteiger partial charge in [0, 0.05) is 11.3 Å². The minimum absolute atomic E-state index is 0.0703. The van der Waals surface area contributed by atoms with Gasteiger partial charge in [-0.2, -0.15) is 0 Å². The third-order valence-corrected chi connectivity index (χ3v) is 7.31. The largest absolute Gasteiger partial charge is 0.390 e. The summed E-state index contributed by atoms with van der Waals surface area (Å²) >= 11 is 0. The molecule has 2 aromatic rings. The Morgan fingerprint density at radius 2 is 2.00 bits per heavy atom. The van der Waals surface area contributed by atoms with E-state index in [-0.39, 0.29) is 29.8 Å². The molecule has 2 aromatic carbocycles. The van der Waals surface area contributed by atoms with E-state index in [1.54, 1.807) is 0 Å². The van der Waals surface area contributed by atoms with Crippen LogP contribution in [0.1, 0.15) is 19.8 Å². The molecule has 0 aromatic heterocycles. The third-order valence-electron chi connectivity index (χ3n) is 7.31. The Morgan fingerprint density at radius 1 is 1.20 bits per heavy atom. The molecule has 0 unspecified atom stereocenters. The normalized spacial score (nSPS) is 43.6. The van der Waals surface area contributed by atoms with Gasteiger partial charge in [-0.05, 0) is 36.1 Å². The first-order valence-electron chi connectivity index (χ1n) is 9.35. The summed E-state index contributed by atoms with van der Waals surface area (Å²) in [7, 11) is 0. The summed E-state index contributed by atoms with van der Waals surface area (Å²) < 4.78 is 6.52. The van der Waals surface area contributed by atoms with Crippen molar-refractivity contribution in [2.45, 2.75) is 37.7 Å². The van der Waals surface area contributed by atoms with Crippen LogP contribution in [0, 0.1) is 23.7 Å². The molecule has 0 spiro atoms. The van der Waals surface area contributed by atoms with Gasteiger partial charge in [0.05, 0.1) is 23.8 Å². The molecule has 6 rings (SSSR count). The van der Waals surface area contributed by atoms with Gasteiger partial charge in [0.2, 0.25) is 5.91 Å². The van der Waals surface area contributed by atoms with Crippen LogP contribution in [0.5, 0.6) is 0 Å². The highest BCUT2D eigenvalue weighted by molar-refractivity contribution is 6.07. The quantitative estimate of drug-likeness (QED) is 0.918. The molecule has 25 heavy (non-hydrogen) atoms. The molecule has 2 heterocycles. The van der Waals surface area contributed by atoms with Gasteiger partial charge < -0.3 is 9.84 Å². The monoisotopic (exact) mass is 335 g/mol. The van der Waals surface area contributed by atoms with Crippen LogP contribution in [0.4, 0.5) is 5.69 Å². The lowest BCUT2D eigenvalue weighted by atomic mass is 9.76. The molecule has 4 nitrogen and oxygen atoms in total. The van der Waals surface area contributed by atoms with Gasteiger partial charge in [0.15, 0.2) is 5.72 Å². The number of anilines is 1. The fourth-order valence-corrected chi connectivity index (χ4v) is 6.49. The van der Waals surface area contributed by atoms with Gasteiger partial charge in [0.25, 0.3) is 0 Å². The number of aliphatic hydroxyl groups excluding tert-OH is 1. The molecular weight excluding hydrogens is 314 g/mol. The molecule has 2 bridgehead atoms. The smallest absolute Gasteiger partial charge is 0.233 e. The van der Waals surface area contributed by atoms with Gasteiger partial charge >= 0.3 is 0 Å². The van der Waals surface area contributed by atoms with Crippen LogP contribution in [0.15, 0.2) is 42.5 Å². The predicted molar refractivity (Wildman–Crippen MR) is 93.9 cm³/mol. The molecular formula is C21H21NO3. The summed E-state index contributed by atoms with van der Waals surface area (Å²) in [6.07, 6.45) is 1.13. The molecule has 4 aliphatic rings. The SMILES string of the molecule is CC[C@]12O[C@@H]3[C@H](O)[C@H]4C[C@H]3[C@H]1[C@@H]4C(=O)N2c1cccc2ccccc12. The van der Waals surface area contributed by atoms with E-state index in [4.69, 9.17) is 4.74 Å². The zero-order chi connectivity index (χ0) is 16.9. The minimum Gasteiger partial charge on any atom is -0.390 e. The van der Waals surface area contributed by atoms with Gasteiger partial charge in [0.1, 0.15) is 0 Å². The number of fused-ring (bicyclic) bond motifs is 3. The summed E-state index contributed by atoms with van der Waals surface area (Å²) in [5.74, 6) is 0.683. The molecule has 4 fully saturated rings. The van der Waals surface area contributed by atoms with Crippen molar-refractivity contribution in [3.63, 3.8) is 0 Å². The Kier molecular flexibility index (Phi) is 2.53. The van der Waals surface area contributed by atoms with Gasteiger partial charge in [-0.15, -0.1) is 0 Å². The highest BCUT2D eigenvalue weighted by atomic mass is 16.6. The maximum Gasteiger partial charge on any atom is 0.233 e. The van der Waals surface area contributed by atoms with Crippen LogP contribution in [0.3, 0.4) is 0 Å². The summed E-state index contributed by atoms with van der Waals surface area (Å²) in [5.41, 5.74) is 0.363. The van der Waals surface area contributed by atoms with E-state index >= 15 is 0 Å². The number of ether oxygens (including phenoxy) is 1. The molecule has 2 saturated carbocycles. The first-order valence-corrected chi connectivity index (χ1v) is 9.35. The van der Waals surface area contributed by atoms with E-state index in [2.05, 4.69) is 25.1 Å². The Hall–Kier alpha value is -1.91. The standard InChI is InChI=1S/C21H21NO3/c1-2-21-17-14-10-13(18(23)19(14)25-21)16(17)20(24)22(21)15-9-5-7-11-6-3-4-8-12(11)15/h3-9,13-14,16-19,23H,2,10H2,1H3/t13-,14-,16+,17-,18+,19-,21-/m0/s1. The van der Waals surface area contributed by atoms with Crippen LogP contribution in [0.25, 0.3) is 10.8 Å². The van der Waals surface area contributed by atoms with Crippen molar-refractivity contribution in [3.8, 4) is 0 Å². The Balaban J connectivity index is 1.59. The van der Waals surface area contributed by atoms with Crippen LogP contribution in [0.2, 0.25) is 0 Å². The molecule has 2 saturated heterocycles. The number of amides is 1. The number of hydrogen-bond acceptors (Lipinski definition) is 3. The fourth-order valence-electron chi connectivity index (χ4n) is 6.49. The highest BCUT2D eigenvalue weighted by Gasteiger charge is 2.78. The van der Waals surface area contributed by atoms with Gasteiger partial charge in [-0.3, -0.25) is 9.69 Å². The topological polar surface area (TPSA) is 49.8 Å². The van der Waals surface area contributed by atoms with E-state index < -0.39 is 11.8 Å². The van der Waals surface area contributed by atoms with Crippen molar-refractivity contribution in [1.82, 2.24) is 0 Å². The lowest BCUT2D eigenvalue weighted by Crippen LogP contribution is -2.51. The van der Waals surface area contributed by atoms with Crippen molar-refractivity contribution in [2.75, 3.05) is 4.90 Å². The van der Waals surface area contributed by atoms with Crippen LogP contribution >= 0.6 is 0 Å². The van der Waals surface area contributed by atoms with Crippen molar-refractivity contribution in [3.05, 3.63) is 42.5 Å². The van der Waals surface area contributed by atoms with Crippen LogP contribution in [-0.2, 0) is 9.53 Å². The third kappa shape index (κ3) is 1.43. The molecule has 128 valence electrons. The molecule has 2 aliphatic carbocycles. The first-order chi connectivity index (χ1) is 12.2. The zero-order valence-electron chi connectivity index (χ0n) is 14.1. The van der Waals surface area contributed by atoms with Gasteiger partial charge in [-0.1, -0.05) is 43.3 Å². The summed E-state index contributed by atoms with van der Waals surface area (Å²) in [4.78, 5) is 15.5. The Labute approximate surface area is 146 Å². The minimum atomic E-state index is -0.590. The van der Waals surface area contributed by atoms with Gasteiger partial charge in [-0.25, -0.2) is 0 Å². The number of carbonyl (C=O) groups is 1. The van der Waals surface area contributed by atoms with E-state index in [1.807, 2.05) is 29.2 Å². The van der Waals surface area contributed by atoms with Crippen molar-refractivity contribution in [1.29, 1.82) is 0 Å². The first kappa shape index (κ1) is 14.3. The maximum atomic E-state index is 13.5. The molecule has 4 heteroatoms. The molecule has 2 aliphatic heterocycles. The van der Waals surface area contributed by atoms with Crippen molar-refractivity contribution >= 4 is 22.4 Å². The second-order valence-electron chi connectivity index (χ2n) is 8.06. The fraction of sp³-hybridized carbons (Fsp3) is 0.476. The second kappa shape index (κ2) is 4.43. The average molecular weight is 335 g/mol.